The van der Waals surface area contributed by atoms with Crippen molar-refractivity contribution >= 4 is 5.97 Å². The largest absolute Gasteiger partial charge is 0.468 e. The molecule has 4 heteroatoms. The second-order valence-corrected chi connectivity index (χ2v) is 4.64. The topological polar surface area (TPSA) is 47.6 Å². The van der Waals surface area contributed by atoms with Crippen molar-refractivity contribution in [3.05, 3.63) is 0 Å². The lowest BCUT2D eigenvalue weighted by Crippen LogP contribution is -2.53. The molecule has 1 unspecified atom stereocenters. The zero-order chi connectivity index (χ0) is 12.0. The third-order valence-corrected chi connectivity index (χ3v) is 2.96. The molecule has 16 heavy (non-hydrogen) atoms. The van der Waals surface area contributed by atoms with Crippen LogP contribution in [0.4, 0.5) is 0 Å². The molecule has 1 aliphatic rings. The molecule has 1 aliphatic carbocycles. The minimum atomic E-state index is -0.715. The van der Waals surface area contributed by atoms with Crippen molar-refractivity contribution in [2.45, 2.75) is 38.6 Å². The number of esters is 1. The van der Waals surface area contributed by atoms with Gasteiger partial charge in [0, 0.05) is 6.61 Å². The van der Waals surface area contributed by atoms with Gasteiger partial charge < -0.3 is 14.8 Å². The number of likely N-dealkylation sites (N-methyl/N-ethyl adjacent to an activating group) is 1. The fraction of sp³-hybridized carbons (Fsp3) is 0.917. The van der Waals surface area contributed by atoms with Gasteiger partial charge >= 0.3 is 5.97 Å². The minimum absolute atomic E-state index is 0.263. The average molecular weight is 229 g/mol. The molecule has 1 saturated carbocycles. The van der Waals surface area contributed by atoms with Gasteiger partial charge in [0.25, 0.3) is 0 Å². The summed E-state index contributed by atoms with van der Waals surface area (Å²) < 4.78 is 10.3. The van der Waals surface area contributed by atoms with Gasteiger partial charge in [-0.1, -0.05) is 19.8 Å². The Hall–Kier alpha value is -0.610. The molecule has 0 radical (unpaired) electrons. The van der Waals surface area contributed by atoms with Crippen molar-refractivity contribution in [2.24, 2.45) is 5.92 Å². The summed E-state index contributed by atoms with van der Waals surface area (Å²) in [7, 11) is 1.40. The summed E-state index contributed by atoms with van der Waals surface area (Å²) in [6.45, 7) is 5.62. The van der Waals surface area contributed by atoms with E-state index in [2.05, 4.69) is 5.32 Å². The van der Waals surface area contributed by atoms with E-state index < -0.39 is 5.54 Å². The van der Waals surface area contributed by atoms with Crippen LogP contribution in [0.2, 0.25) is 0 Å². The summed E-state index contributed by atoms with van der Waals surface area (Å²) in [4.78, 5) is 11.6. The quantitative estimate of drug-likeness (QED) is 0.504. The first-order valence-electron chi connectivity index (χ1n) is 6.03. The normalized spacial score (nSPS) is 19.2. The Balaban J connectivity index is 2.27. The second kappa shape index (κ2) is 6.21. The van der Waals surface area contributed by atoms with Crippen molar-refractivity contribution < 1.29 is 14.3 Å². The van der Waals surface area contributed by atoms with Gasteiger partial charge in [0.15, 0.2) is 0 Å². The number of carbonyl (C=O) groups is 1. The summed E-state index contributed by atoms with van der Waals surface area (Å²) >= 11 is 0. The van der Waals surface area contributed by atoms with Crippen LogP contribution < -0.4 is 5.32 Å². The highest BCUT2D eigenvalue weighted by Crippen LogP contribution is 2.32. The monoisotopic (exact) mass is 229 g/mol. The summed E-state index contributed by atoms with van der Waals surface area (Å²) in [5.41, 5.74) is -0.715. The van der Waals surface area contributed by atoms with Crippen molar-refractivity contribution in [1.82, 2.24) is 5.32 Å². The zero-order valence-electron chi connectivity index (χ0n) is 10.5. The van der Waals surface area contributed by atoms with E-state index in [1.807, 2.05) is 13.8 Å². The SMILES string of the molecule is CCNC(C)(COCCC1CC1)C(=O)OC. The van der Waals surface area contributed by atoms with Gasteiger partial charge in [0.2, 0.25) is 0 Å². The van der Waals surface area contributed by atoms with Gasteiger partial charge in [0.1, 0.15) is 5.54 Å². The maximum absolute atomic E-state index is 11.6. The number of hydrogen-bond acceptors (Lipinski definition) is 4. The van der Waals surface area contributed by atoms with E-state index in [1.54, 1.807) is 0 Å². The second-order valence-electron chi connectivity index (χ2n) is 4.64. The predicted octanol–water partition coefficient (Wildman–Crippen LogP) is 1.34. The molecule has 0 spiro atoms. The van der Waals surface area contributed by atoms with Gasteiger partial charge in [-0.15, -0.1) is 0 Å². The third kappa shape index (κ3) is 4.10. The molecule has 0 heterocycles. The maximum atomic E-state index is 11.6. The molecule has 0 aliphatic heterocycles. The van der Waals surface area contributed by atoms with E-state index in [-0.39, 0.29) is 5.97 Å². The van der Waals surface area contributed by atoms with Crippen molar-refractivity contribution in [3.63, 3.8) is 0 Å². The smallest absolute Gasteiger partial charge is 0.328 e. The predicted molar refractivity (Wildman–Crippen MR) is 62.3 cm³/mol. The number of nitrogens with one attached hydrogen (secondary N) is 1. The third-order valence-electron chi connectivity index (χ3n) is 2.96. The summed E-state index contributed by atoms with van der Waals surface area (Å²) in [5, 5.41) is 3.11. The molecule has 94 valence electrons. The molecule has 1 rings (SSSR count). The van der Waals surface area contributed by atoms with Crippen LogP contribution in [0.5, 0.6) is 0 Å². The van der Waals surface area contributed by atoms with Crippen LogP contribution in [-0.4, -0.2) is 38.4 Å². The van der Waals surface area contributed by atoms with E-state index in [0.29, 0.717) is 6.61 Å². The molecule has 0 aromatic heterocycles. The highest BCUT2D eigenvalue weighted by Gasteiger charge is 2.33. The first-order valence-corrected chi connectivity index (χ1v) is 6.03. The molecule has 0 aromatic carbocycles. The van der Waals surface area contributed by atoms with Gasteiger partial charge in [-0.3, -0.25) is 0 Å². The molecular formula is C12H23NO3. The van der Waals surface area contributed by atoms with E-state index >= 15 is 0 Å². The Morgan fingerprint density at radius 2 is 2.19 bits per heavy atom. The van der Waals surface area contributed by atoms with Crippen LogP contribution in [0, 0.1) is 5.92 Å². The molecule has 1 fully saturated rings. The fourth-order valence-corrected chi connectivity index (χ4v) is 1.73. The Bertz CT molecular complexity index is 228. The first-order chi connectivity index (χ1) is 7.62. The summed E-state index contributed by atoms with van der Waals surface area (Å²) in [5.74, 6) is 0.601. The Morgan fingerprint density at radius 1 is 1.50 bits per heavy atom. The summed E-state index contributed by atoms with van der Waals surface area (Å²) in [6.07, 6.45) is 3.79. The average Bonchev–Trinajstić information content (AvgIpc) is 3.07. The lowest BCUT2D eigenvalue weighted by Gasteiger charge is -2.27. The number of hydrogen-bond donors (Lipinski definition) is 1. The molecule has 4 nitrogen and oxygen atoms in total. The number of methoxy groups -OCH3 is 1. The molecule has 0 amide bonds. The Labute approximate surface area is 97.7 Å². The fourth-order valence-electron chi connectivity index (χ4n) is 1.73. The van der Waals surface area contributed by atoms with Crippen LogP contribution >= 0.6 is 0 Å². The van der Waals surface area contributed by atoms with E-state index in [1.165, 1.54) is 20.0 Å². The van der Waals surface area contributed by atoms with Gasteiger partial charge in [-0.2, -0.15) is 0 Å². The number of ether oxygens (including phenoxy) is 2. The van der Waals surface area contributed by atoms with Crippen LogP contribution in [-0.2, 0) is 14.3 Å². The maximum Gasteiger partial charge on any atom is 0.328 e. The standard InChI is InChI=1S/C12H23NO3/c1-4-13-12(2,11(14)15-3)9-16-8-7-10-5-6-10/h10,13H,4-9H2,1-3H3. The van der Waals surface area contributed by atoms with Crippen LogP contribution in [0.3, 0.4) is 0 Å². The Kier molecular flexibility index (Phi) is 5.22. The summed E-state index contributed by atoms with van der Waals surface area (Å²) in [6, 6.07) is 0. The van der Waals surface area contributed by atoms with Crippen LogP contribution in [0.25, 0.3) is 0 Å². The van der Waals surface area contributed by atoms with Gasteiger partial charge in [-0.05, 0) is 25.8 Å². The van der Waals surface area contributed by atoms with Crippen LogP contribution in [0.15, 0.2) is 0 Å². The van der Waals surface area contributed by atoms with E-state index in [4.69, 9.17) is 9.47 Å². The van der Waals surface area contributed by atoms with Crippen LogP contribution in [0.1, 0.15) is 33.1 Å². The molecular weight excluding hydrogens is 206 g/mol. The minimum Gasteiger partial charge on any atom is -0.468 e. The highest BCUT2D eigenvalue weighted by atomic mass is 16.5. The molecule has 1 atom stereocenters. The van der Waals surface area contributed by atoms with E-state index in [9.17, 15) is 4.79 Å². The lowest BCUT2D eigenvalue weighted by atomic mass is 10.0. The van der Waals surface area contributed by atoms with Crippen molar-refractivity contribution in [3.8, 4) is 0 Å². The highest BCUT2D eigenvalue weighted by molar-refractivity contribution is 5.80. The van der Waals surface area contributed by atoms with Crippen molar-refractivity contribution in [2.75, 3.05) is 26.9 Å². The first kappa shape index (κ1) is 13.5. The lowest BCUT2D eigenvalue weighted by molar-refractivity contribution is -0.150. The van der Waals surface area contributed by atoms with Crippen molar-refractivity contribution in [1.29, 1.82) is 0 Å². The molecule has 0 bridgehead atoms. The van der Waals surface area contributed by atoms with E-state index in [0.717, 1.165) is 25.5 Å². The Morgan fingerprint density at radius 3 is 2.69 bits per heavy atom. The zero-order valence-corrected chi connectivity index (χ0v) is 10.5. The van der Waals surface area contributed by atoms with Gasteiger partial charge in [0.05, 0.1) is 13.7 Å². The molecule has 0 aromatic rings. The number of carbonyl (C=O) groups excluding carboxylic acids is 1. The molecule has 0 saturated heterocycles. The molecule has 1 N–H and O–H groups in total. The number of rotatable bonds is 8. The van der Waals surface area contributed by atoms with Gasteiger partial charge in [-0.25, -0.2) is 4.79 Å².